The third-order valence-corrected chi connectivity index (χ3v) is 5.01. The molecular formula is C24H27N3O3. The Labute approximate surface area is 176 Å². The molecule has 6 heteroatoms. The summed E-state index contributed by atoms with van der Waals surface area (Å²) in [5.41, 5.74) is 4.21. The summed E-state index contributed by atoms with van der Waals surface area (Å²) in [5, 5.41) is 3.84. The number of hydrogen-bond acceptors (Lipinski definition) is 4. The molecule has 1 N–H and O–H groups in total. The number of amides is 1. The van der Waals surface area contributed by atoms with Crippen molar-refractivity contribution >= 4 is 22.9 Å². The number of benzene rings is 2. The van der Waals surface area contributed by atoms with Crippen molar-refractivity contribution in [2.75, 3.05) is 14.1 Å². The Balaban J connectivity index is 1.98. The third kappa shape index (κ3) is 3.71. The molecule has 1 aromatic heterocycles. The largest absolute Gasteiger partial charge is 0.443 e. The van der Waals surface area contributed by atoms with E-state index in [1.807, 2.05) is 71.3 Å². The summed E-state index contributed by atoms with van der Waals surface area (Å²) in [7, 11) is 4.02. The number of para-hydroxylation sites is 1. The lowest BCUT2D eigenvalue weighted by Gasteiger charge is -2.21. The number of nitrogens with zero attached hydrogens (tertiary/aromatic N) is 2. The number of rotatable bonds is 3. The molecule has 30 heavy (non-hydrogen) atoms. The highest BCUT2D eigenvalue weighted by Gasteiger charge is 2.29. The van der Waals surface area contributed by atoms with Crippen LogP contribution in [0.5, 0.6) is 0 Å². The van der Waals surface area contributed by atoms with Crippen molar-refractivity contribution in [3.05, 3.63) is 59.2 Å². The van der Waals surface area contributed by atoms with Gasteiger partial charge in [-0.15, -0.1) is 0 Å². The number of carbonyl (C=O) groups is 2. The van der Waals surface area contributed by atoms with Crippen LogP contribution in [0.3, 0.4) is 0 Å². The van der Waals surface area contributed by atoms with Crippen LogP contribution in [0, 0.1) is 0 Å². The van der Waals surface area contributed by atoms with Gasteiger partial charge < -0.3 is 15.0 Å². The van der Waals surface area contributed by atoms with E-state index in [0.29, 0.717) is 17.8 Å². The first-order valence-corrected chi connectivity index (χ1v) is 10.1. The van der Waals surface area contributed by atoms with Gasteiger partial charge in [0.15, 0.2) is 0 Å². The normalized spacial score (nSPS) is 13.6. The van der Waals surface area contributed by atoms with Crippen molar-refractivity contribution in [2.24, 2.45) is 0 Å². The Morgan fingerprint density at radius 1 is 1.17 bits per heavy atom. The summed E-state index contributed by atoms with van der Waals surface area (Å²) in [6, 6.07) is 13.7. The summed E-state index contributed by atoms with van der Waals surface area (Å²) in [6.45, 7) is 6.77. The topological polar surface area (TPSA) is 63.6 Å². The van der Waals surface area contributed by atoms with Crippen molar-refractivity contribution < 1.29 is 14.3 Å². The quantitative estimate of drug-likeness (QED) is 0.702. The van der Waals surface area contributed by atoms with E-state index >= 15 is 0 Å². The van der Waals surface area contributed by atoms with E-state index in [2.05, 4.69) is 16.3 Å². The maximum atomic E-state index is 13.2. The summed E-state index contributed by atoms with van der Waals surface area (Å²) < 4.78 is 7.29. The fourth-order valence-electron chi connectivity index (χ4n) is 3.96. The Hall–Kier alpha value is -3.12. The maximum absolute atomic E-state index is 13.2. The fraction of sp³-hybridized carbons (Fsp3) is 0.333. The Kier molecular flexibility index (Phi) is 4.90. The molecule has 0 bridgehead atoms. The van der Waals surface area contributed by atoms with E-state index in [9.17, 15) is 9.59 Å². The van der Waals surface area contributed by atoms with Crippen molar-refractivity contribution in [3.8, 4) is 11.3 Å². The highest BCUT2D eigenvalue weighted by atomic mass is 16.6. The van der Waals surface area contributed by atoms with Gasteiger partial charge in [-0.2, -0.15) is 0 Å². The predicted molar refractivity (Wildman–Crippen MR) is 118 cm³/mol. The predicted octanol–water partition coefficient (Wildman–Crippen LogP) is 4.40. The van der Waals surface area contributed by atoms with Gasteiger partial charge in [0.1, 0.15) is 5.60 Å². The molecule has 0 spiro atoms. The van der Waals surface area contributed by atoms with Crippen molar-refractivity contribution in [1.82, 2.24) is 14.8 Å². The zero-order valence-corrected chi connectivity index (χ0v) is 18.1. The van der Waals surface area contributed by atoms with Crippen molar-refractivity contribution in [2.45, 2.75) is 39.5 Å². The lowest BCUT2D eigenvalue weighted by atomic mass is 9.96. The minimum atomic E-state index is -0.633. The van der Waals surface area contributed by atoms with E-state index in [1.165, 1.54) is 0 Å². The number of ether oxygens (including phenoxy) is 1. The van der Waals surface area contributed by atoms with E-state index in [4.69, 9.17) is 4.74 Å². The number of fused-ring (bicyclic) bond motifs is 2. The molecule has 1 amide bonds. The van der Waals surface area contributed by atoms with Crippen LogP contribution < -0.4 is 5.32 Å². The molecular weight excluding hydrogens is 378 g/mol. The molecule has 2 heterocycles. The molecule has 2 aromatic carbocycles. The standard InChI is InChI=1S/C24H27N3O3/c1-24(2,3)30-23(29)27-19-9-7-6-8-16(19)12-20(27)18-11-15(14-26(4)5)10-17-13-25-22(28)21(17)18/h6-12H,13-14H2,1-5H3,(H,25,28). The molecule has 0 saturated heterocycles. The number of nitrogens with one attached hydrogen (secondary N) is 1. The molecule has 6 nitrogen and oxygen atoms in total. The summed E-state index contributed by atoms with van der Waals surface area (Å²) in [4.78, 5) is 28.0. The van der Waals surface area contributed by atoms with E-state index in [1.54, 1.807) is 4.57 Å². The molecule has 1 aliphatic heterocycles. The monoisotopic (exact) mass is 405 g/mol. The van der Waals surface area contributed by atoms with Gasteiger partial charge in [0.05, 0.1) is 16.8 Å². The minimum Gasteiger partial charge on any atom is -0.443 e. The molecule has 0 fully saturated rings. The molecule has 3 aromatic rings. The lowest BCUT2D eigenvalue weighted by molar-refractivity contribution is 0.0547. The third-order valence-electron chi connectivity index (χ3n) is 5.01. The second kappa shape index (κ2) is 7.29. The Morgan fingerprint density at radius 3 is 2.60 bits per heavy atom. The number of carbonyl (C=O) groups excluding carboxylic acids is 2. The SMILES string of the molecule is CN(C)Cc1cc2c(c(-c3cc4ccccc4n3C(=O)OC(C)(C)C)c1)C(=O)NC2. The smallest absolute Gasteiger partial charge is 0.419 e. The van der Waals surface area contributed by atoms with Crippen LogP contribution in [0.4, 0.5) is 4.79 Å². The molecule has 4 rings (SSSR count). The van der Waals surface area contributed by atoms with E-state index in [-0.39, 0.29) is 5.91 Å². The van der Waals surface area contributed by atoms with Crippen LogP contribution in [0.1, 0.15) is 42.3 Å². The summed E-state index contributed by atoms with van der Waals surface area (Å²) in [6.07, 6.45) is -0.455. The van der Waals surface area contributed by atoms with Crippen LogP contribution >= 0.6 is 0 Å². The molecule has 0 atom stereocenters. The van der Waals surface area contributed by atoms with Gasteiger partial charge in [-0.1, -0.05) is 24.3 Å². The van der Waals surface area contributed by atoms with E-state index in [0.717, 1.165) is 34.1 Å². The maximum Gasteiger partial charge on any atom is 0.419 e. The van der Waals surface area contributed by atoms with Gasteiger partial charge in [-0.25, -0.2) is 9.36 Å². The zero-order valence-electron chi connectivity index (χ0n) is 18.1. The van der Waals surface area contributed by atoms with E-state index < -0.39 is 11.7 Å². The highest BCUT2D eigenvalue weighted by molar-refractivity contribution is 6.07. The first-order valence-electron chi connectivity index (χ1n) is 10.1. The number of aromatic nitrogens is 1. The zero-order chi connectivity index (χ0) is 21.6. The molecule has 156 valence electrons. The summed E-state index contributed by atoms with van der Waals surface area (Å²) >= 11 is 0. The van der Waals surface area contributed by atoms with Gasteiger partial charge in [0.2, 0.25) is 0 Å². The van der Waals surface area contributed by atoms with Crippen LogP contribution in [0.2, 0.25) is 0 Å². The van der Waals surface area contributed by atoms with Crippen molar-refractivity contribution in [1.29, 1.82) is 0 Å². The second-order valence-electron chi connectivity index (χ2n) is 9.00. The Bertz CT molecular complexity index is 1150. The van der Waals surface area contributed by atoms with Gasteiger partial charge in [0.25, 0.3) is 5.91 Å². The molecule has 0 saturated carbocycles. The van der Waals surface area contributed by atoms with Gasteiger partial charge >= 0.3 is 6.09 Å². The molecule has 0 radical (unpaired) electrons. The van der Waals surface area contributed by atoms with Crippen LogP contribution in [0.15, 0.2) is 42.5 Å². The minimum absolute atomic E-state index is 0.114. The van der Waals surface area contributed by atoms with Gasteiger partial charge in [-0.3, -0.25) is 4.79 Å². The van der Waals surface area contributed by atoms with Crippen LogP contribution in [0.25, 0.3) is 22.2 Å². The molecule has 0 unspecified atom stereocenters. The number of hydrogen-bond donors (Lipinski definition) is 1. The first-order chi connectivity index (χ1) is 14.1. The highest BCUT2D eigenvalue weighted by Crippen LogP contribution is 2.35. The van der Waals surface area contributed by atoms with Crippen molar-refractivity contribution in [3.63, 3.8) is 0 Å². The summed E-state index contributed by atoms with van der Waals surface area (Å²) in [5.74, 6) is -0.114. The fourth-order valence-corrected chi connectivity index (χ4v) is 3.96. The van der Waals surface area contributed by atoms with Crippen LogP contribution in [-0.2, 0) is 17.8 Å². The molecule has 0 aliphatic carbocycles. The van der Waals surface area contributed by atoms with Gasteiger partial charge in [-0.05, 0) is 64.2 Å². The Morgan fingerprint density at radius 2 is 1.90 bits per heavy atom. The second-order valence-corrected chi connectivity index (χ2v) is 9.00. The first kappa shape index (κ1) is 20.2. The average Bonchev–Trinajstić information content (AvgIpc) is 3.20. The lowest BCUT2D eigenvalue weighted by Crippen LogP contribution is -2.27. The van der Waals surface area contributed by atoms with Gasteiger partial charge in [0, 0.05) is 24.0 Å². The average molecular weight is 405 g/mol. The molecule has 1 aliphatic rings. The van der Waals surface area contributed by atoms with Crippen LogP contribution in [-0.4, -0.2) is 41.2 Å².